The van der Waals surface area contributed by atoms with Crippen LogP contribution in [0.15, 0.2) is 0 Å². The summed E-state index contributed by atoms with van der Waals surface area (Å²) in [6.45, 7) is 4.89. The van der Waals surface area contributed by atoms with Crippen molar-refractivity contribution in [1.29, 1.82) is 0 Å². The standard InChI is InChI=1S/C13H25NO3/c1-10-4-6-13(9-14,7-5-10)12(15)17-11(2)8-16-3/h10-11H,4-9,14H2,1-3H3. The zero-order valence-corrected chi connectivity index (χ0v) is 11.2. The van der Waals surface area contributed by atoms with E-state index < -0.39 is 5.41 Å². The molecule has 0 aromatic rings. The Morgan fingerprint density at radius 2 is 2.06 bits per heavy atom. The smallest absolute Gasteiger partial charge is 0.313 e. The normalized spacial score (nSPS) is 30.9. The summed E-state index contributed by atoms with van der Waals surface area (Å²) in [5.74, 6) is 0.551. The van der Waals surface area contributed by atoms with Gasteiger partial charge in [-0.1, -0.05) is 6.92 Å². The number of hydrogen-bond acceptors (Lipinski definition) is 4. The fraction of sp³-hybridized carbons (Fsp3) is 0.923. The highest BCUT2D eigenvalue weighted by Gasteiger charge is 2.41. The number of ether oxygens (including phenoxy) is 2. The second-order valence-electron chi connectivity index (χ2n) is 5.34. The molecule has 0 aromatic heterocycles. The van der Waals surface area contributed by atoms with Gasteiger partial charge in [0.15, 0.2) is 0 Å². The molecule has 0 aromatic carbocycles. The van der Waals surface area contributed by atoms with Crippen LogP contribution in [0.4, 0.5) is 0 Å². The van der Waals surface area contributed by atoms with Gasteiger partial charge in [0.25, 0.3) is 0 Å². The first-order valence-corrected chi connectivity index (χ1v) is 6.44. The molecule has 1 unspecified atom stereocenters. The van der Waals surface area contributed by atoms with E-state index in [-0.39, 0.29) is 12.1 Å². The van der Waals surface area contributed by atoms with Crippen LogP contribution in [0.3, 0.4) is 0 Å². The predicted octanol–water partition coefficient (Wildman–Crippen LogP) is 1.72. The SMILES string of the molecule is COCC(C)OC(=O)C1(CN)CCC(C)CC1. The van der Waals surface area contributed by atoms with E-state index in [1.165, 1.54) is 0 Å². The molecule has 4 heteroatoms. The monoisotopic (exact) mass is 243 g/mol. The van der Waals surface area contributed by atoms with Crippen molar-refractivity contribution in [2.75, 3.05) is 20.3 Å². The molecule has 1 saturated carbocycles. The van der Waals surface area contributed by atoms with Gasteiger partial charge >= 0.3 is 5.97 Å². The molecule has 0 spiro atoms. The van der Waals surface area contributed by atoms with Gasteiger partial charge in [0.05, 0.1) is 12.0 Å². The number of esters is 1. The maximum Gasteiger partial charge on any atom is 0.313 e. The number of carbonyl (C=O) groups is 1. The van der Waals surface area contributed by atoms with E-state index in [9.17, 15) is 4.79 Å². The van der Waals surface area contributed by atoms with E-state index in [0.29, 0.717) is 19.1 Å². The molecule has 1 atom stereocenters. The quantitative estimate of drug-likeness (QED) is 0.747. The van der Waals surface area contributed by atoms with Crippen molar-refractivity contribution in [1.82, 2.24) is 0 Å². The molecular formula is C13H25NO3. The van der Waals surface area contributed by atoms with Gasteiger partial charge in [-0.05, 0) is 38.5 Å². The average Bonchev–Trinajstić information content (AvgIpc) is 2.30. The Kier molecular flexibility index (Phi) is 5.40. The maximum atomic E-state index is 12.2. The molecule has 100 valence electrons. The van der Waals surface area contributed by atoms with Crippen LogP contribution in [-0.4, -0.2) is 32.3 Å². The third-order valence-electron chi connectivity index (χ3n) is 3.76. The Hall–Kier alpha value is -0.610. The van der Waals surface area contributed by atoms with Gasteiger partial charge in [-0.15, -0.1) is 0 Å². The Labute approximate surface area is 104 Å². The van der Waals surface area contributed by atoms with E-state index >= 15 is 0 Å². The number of carbonyl (C=O) groups excluding carboxylic acids is 1. The molecule has 1 fully saturated rings. The lowest BCUT2D eigenvalue weighted by Gasteiger charge is -2.36. The molecule has 0 radical (unpaired) electrons. The van der Waals surface area contributed by atoms with E-state index in [1.807, 2.05) is 6.92 Å². The van der Waals surface area contributed by atoms with Gasteiger partial charge in [0.1, 0.15) is 6.10 Å². The number of methoxy groups -OCH3 is 1. The molecule has 0 aliphatic heterocycles. The predicted molar refractivity (Wildman–Crippen MR) is 66.5 cm³/mol. The van der Waals surface area contributed by atoms with Crippen LogP contribution in [0.1, 0.15) is 39.5 Å². The Bertz CT molecular complexity index is 247. The van der Waals surface area contributed by atoms with Crippen LogP contribution in [0.25, 0.3) is 0 Å². The van der Waals surface area contributed by atoms with E-state index in [1.54, 1.807) is 7.11 Å². The zero-order valence-electron chi connectivity index (χ0n) is 11.2. The van der Waals surface area contributed by atoms with Crippen molar-refractivity contribution in [3.63, 3.8) is 0 Å². The van der Waals surface area contributed by atoms with Crippen molar-refractivity contribution in [3.8, 4) is 0 Å². The molecule has 0 saturated heterocycles. The van der Waals surface area contributed by atoms with Crippen molar-refractivity contribution < 1.29 is 14.3 Å². The van der Waals surface area contributed by atoms with Gasteiger partial charge in [-0.2, -0.15) is 0 Å². The molecule has 4 nitrogen and oxygen atoms in total. The Morgan fingerprint density at radius 3 is 2.53 bits per heavy atom. The third kappa shape index (κ3) is 3.68. The number of nitrogens with two attached hydrogens (primary N) is 1. The highest BCUT2D eigenvalue weighted by atomic mass is 16.6. The van der Waals surface area contributed by atoms with Crippen LogP contribution in [0, 0.1) is 11.3 Å². The first kappa shape index (κ1) is 14.5. The van der Waals surface area contributed by atoms with Gasteiger partial charge in [0, 0.05) is 13.7 Å². The third-order valence-corrected chi connectivity index (χ3v) is 3.76. The lowest BCUT2D eigenvalue weighted by atomic mass is 9.71. The van der Waals surface area contributed by atoms with Gasteiger partial charge in [-0.25, -0.2) is 0 Å². The number of rotatable bonds is 5. The highest BCUT2D eigenvalue weighted by molar-refractivity contribution is 5.77. The summed E-state index contributed by atoms with van der Waals surface area (Å²) in [6, 6.07) is 0. The first-order valence-electron chi connectivity index (χ1n) is 6.44. The lowest BCUT2D eigenvalue weighted by Crippen LogP contribution is -2.44. The summed E-state index contributed by atoms with van der Waals surface area (Å²) in [5.41, 5.74) is 5.35. The molecule has 1 aliphatic rings. The summed E-state index contributed by atoms with van der Waals surface area (Å²) in [7, 11) is 1.60. The van der Waals surface area contributed by atoms with Crippen molar-refractivity contribution in [2.24, 2.45) is 17.1 Å². The van der Waals surface area contributed by atoms with Gasteiger partial charge in [-0.3, -0.25) is 4.79 Å². The molecule has 0 bridgehead atoms. The first-order chi connectivity index (χ1) is 8.04. The fourth-order valence-corrected chi connectivity index (χ4v) is 2.38. The molecule has 0 amide bonds. The largest absolute Gasteiger partial charge is 0.460 e. The summed E-state index contributed by atoms with van der Waals surface area (Å²) >= 11 is 0. The van der Waals surface area contributed by atoms with Crippen molar-refractivity contribution in [2.45, 2.75) is 45.6 Å². The maximum absolute atomic E-state index is 12.2. The topological polar surface area (TPSA) is 61.5 Å². The summed E-state index contributed by atoms with van der Waals surface area (Å²) in [4.78, 5) is 12.2. The summed E-state index contributed by atoms with van der Waals surface area (Å²) in [5, 5.41) is 0. The Morgan fingerprint density at radius 1 is 1.47 bits per heavy atom. The van der Waals surface area contributed by atoms with Crippen molar-refractivity contribution >= 4 is 5.97 Å². The molecule has 1 rings (SSSR count). The summed E-state index contributed by atoms with van der Waals surface area (Å²) in [6.07, 6.45) is 3.62. The second kappa shape index (κ2) is 6.36. The summed E-state index contributed by atoms with van der Waals surface area (Å²) < 4.78 is 10.4. The molecule has 0 heterocycles. The second-order valence-corrected chi connectivity index (χ2v) is 5.34. The minimum Gasteiger partial charge on any atom is -0.460 e. The van der Waals surface area contributed by atoms with Crippen LogP contribution < -0.4 is 5.73 Å². The zero-order chi connectivity index (χ0) is 12.9. The highest BCUT2D eigenvalue weighted by Crippen LogP contribution is 2.39. The minimum atomic E-state index is -0.450. The van der Waals surface area contributed by atoms with Gasteiger partial charge < -0.3 is 15.2 Å². The van der Waals surface area contributed by atoms with Crippen LogP contribution >= 0.6 is 0 Å². The van der Waals surface area contributed by atoms with Crippen LogP contribution in [0.5, 0.6) is 0 Å². The fourth-order valence-electron chi connectivity index (χ4n) is 2.38. The molecule has 17 heavy (non-hydrogen) atoms. The van der Waals surface area contributed by atoms with Crippen molar-refractivity contribution in [3.05, 3.63) is 0 Å². The average molecular weight is 243 g/mol. The Balaban J connectivity index is 2.57. The van der Waals surface area contributed by atoms with E-state index in [2.05, 4.69) is 6.92 Å². The lowest BCUT2D eigenvalue weighted by molar-refractivity contribution is -0.165. The minimum absolute atomic E-state index is 0.142. The molecule has 2 N–H and O–H groups in total. The van der Waals surface area contributed by atoms with Crippen LogP contribution in [0.2, 0.25) is 0 Å². The molecule has 1 aliphatic carbocycles. The number of hydrogen-bond donors (Lipinski definition) is 1. The van der Waals surface area contributed by atoms with Crippen LogP contribution in [-0.2, 0) is 14.3 Å². The molecular weight excluding hydrogens is 218 g/mol. The van der Waals surface area contributed by atoms with E-state index in [0.717, 1.165) is 25.7 Å². The van der Waals surface area contributed by atoms with Gasteiger partial charge in [0.2, 0.25) is 0 Å². The van der Waals surface area contributed by atoms with E-state index in [4.69, 9.17) is 15.2 Å².